The minimum Gasteiger partial charge on any atom is -0.496 e. The molecule has 0 fully saturated rings. The van der Waals surface area contributed by atoms with E-state index in [4.69, 9.17) is 4.74 Å². The normalized spacial score (nSPS) is 10.1. The van der Waals surface area contributed by atoms with Crippen molar-refractivity contribution in [3.05, 3.63) is 65.2 Å². The van der Waals surface area contributed by atoms with Crippen LogP contribution in [-0.4, -0.2) is 25.5 Å². The van der Waals surface area contributed by atoms with Crippen LogP contribution in [0.25, 0.3) is 0 Å². The molecule has 5 heteroatoms. The van der Waals surface area contributed by atoms with Crippen LogP contribution < -0.4 is 15.4 Å². The van der Waals surface area contributed by atoms with Gasteiger partial charge >= 0.3 is 6.03 Å². The number of hydrogen-bond donors (Lipinski definition) is 2. The zero-order valence-corrected chi connectivity index (χ0v) is 14.0. The Morgan fingerprint density at radius 2 is 1.71 bits per heavy atom. The molecule has 24 heavy (non-hydrogen) atoms. The average Bonchev–Trinajstić information content (AvgIpc) is 2.60. The third-order valence-electron chi connectivity index (χ3n) is 3.64. The summed E-state index contributed by atoms with van der Waals surface area (Å²) in [6.45, 7) is 2.63. The van der Waals surface area contributed by atoms with Gasteiger partial charge in [0.1, 0.15) is 5.75 Å². The summed E-state index contributed by atoms with van der Waals surface area (Å²) < 4.78 is 5.23. The van der Waals surface area contributed by atoms with Crippen molar-refractivity contribution in [1.29, 1.82) is 0 Å². The summed E-state index contributed by atoms with van der Waals surface area (Å²) in [6, 6.07) is 14.6. The van der Waals surface area contributed by atoms with E-state index in [0.717, 1.165) is 16.9 Å². The number of aryl methyl sites for hydroxylation is 1. The lowest BCUT2D eigenvalue weighted by Gasteiger charge is -2.10. The van der Waals surface area contributed by atoms with Gasteiger partial charge in [0.05, 0.1) is 7.11 Å². The lowest BCUT2D eigenvalue weighted by atomic mass is 10.1. The van der Waals surface area contributed by atoms with Gasteiger partial charge in [-0.15, -0.1) is 0 Å². The first-order chi connectivity index (χ1) is 11.6. The Morgan fingerprint density at radius 1 is 1.00 bits per heavy atom. The number of amides is 2. The molecule has 0 aromatic heterocycles. The molecule has 2 rings (SSSR count). The predicted molar refractivity (Wildman–Crippen MR) is 93.4 cm³/mol. The summed E-state index contributed by atoms with van der Waals surface area (Å²) in [7, 11) is 1.59. The molecule has 0 saturated heterocycles. The standard InChI is InChI=1S/C19H22N2O3/c1-14-7-9-15(10-8-14)17(22)11-12-20-19(23)21-13-16-5-3-4-6-18(16)24-2/h3-10H,11-13H2,1-2H3,(H2,20,21,23). The maximum atomic E-state index is 12.0. The zero-order valence-electron chi connectivity index (χ0n) is 14.0. The summed E-state index contributed by atoms with van der Waals surface area (Å²) in [6.07, 6.45) is 0.269. The first-order valence-electron chi connectivity index (χ1n) is 7.83. The van der Waals surface area contributed by atoms with Crippen LogP contribution in [0.5, 0.6) is 5.75 Å². The third-order valence-corrected chi connectivity index (χ3v) is 3.64. The molecule has 0 heterocycles. The Hall–Kier alpha value is -2.82. The lowest BCUT2D eigenvalue weighted by molar-refractivity contribution is 0.0983. The number of carbonyl (C=O) groups is 2. The van der Waals surface area contributed by atoms with E-state index in [1.807, 2.05) is 43.3 Å². The Kier molecular flexibility index (Phi) is 6.37. The van der Waals surface area contributed by atoms with Crippen molar-refractivity contribution in [3.63, 3.8) is 0 Å². The van der Waals surface area contributed by atoms with Gasteiger partial charge in [0.15, 0.2) is 5.78 Å². The van der Waals surface area contributed by atoms with Crippen LogP contribution in [-0.2, 0) is 6.54 Å². The number of carbonyl (C=O) groups excluding carboxylic acids is 2. The number of rotatable bonds is 7. The molecule has 0 saturated carbocycles. The Labute approximate surface area is 142 Å². The average molecular weight is 326 g/mol. The molecule has 2 amide bonds. The molecular formula is C19H22N2O3. The molecule has 0 aliphatic rings. The fourth-order valence-electron chi connectivity index (χ4n) is 2.26. The maximum absolute atomic E-state index is 12.0. The van der Waals surface area contributed by atoms with Crippen molar-refractivity contribution in [2.45, 2.75) is 19.9 Å². The van der Waals surface area contributed by atoms with Gasteiger partial charge in [-0.2, -0.15) is 0 Å². The summed E-state index contributed by atoms with van der Waals surface area (Å²) in [5.41, 5.74) is 2.67. The molecule has 0 atom stereocenters. The second-order valence-electron chi connectivity index (χ2n) is 5.46. The minimum absolute atomic E-state index is 0.0139. The predicted octanol–water partition coefficient (Wildman–Crippen LogP) is 3.08. The van der Waals surface area contributed by atoms with E-state index < -0.39 is 0 Å². The monoisotopic (exact) mass is 326 g/mol. The molecule has 2 N–H and O–H groups in total. The SMILES string of the molecule is COc1ccccc1CNC(=O)NCCC(=O)c1ccc(C)cc1. The molecule has 0 bridgehead atoms. The van der Waals surface area contributed by atoms with Gasteiger partial charge in [-0.1, -0.05) is 48.0 Å². The number of methoxy groups -OCH3 is 1. The number of ketones is 1. The number of Topliss-reactive ketones (excluding diaryl/α,β-unsaturated/α-hetero) is 1. The minimum atomic E-state index is -0.308. The van der Waals surface area contributed by atoms with Crippen molar-refractivity contribution < 1.29 is 14.3 Å². The first-order valence-corrected chi connectivity index (χ1v) is 7.83. The molecule has 0 radical (unpaired) electrons. The van der Waals surface area contributed by atoms with E-state index in [-0.39, 0.29) is 18.2 Å². The van der Waals surface area contributed by atoms with Gasteiger partial charge < -0.3 is 15.4 Å². The van der Waals surface area contributed by atoms with Crippen molar-refractivity contribution >= 4 is 11.8 Å². The third kappa shape index (κ3) is 5.12. The topological polar surface area (TPSA) is 67.4 Å². The van der Waals surface area contributed by atoms with Gasteiger partial charge in [0.25, 0.3) is 0 Å². The van der Waals surface area contributed by atoms with Crippen LogP contribution in [0.2, 0.25) is 0 Å². The summed E-state index contributed by atoms with van der Waals surface area (Å²) in [5.74, 6) is 0.743. The molecule has 126 valence electrons. The van der Waals surface area contributed by atoms with E-state index in [1.165, 1.54) is 0 Å². The van der Waals surface area contributed by atoms with Crippen molar-refractivity contribution in [1.82, 2.24) is 10.6 Å². The van der Waals surface area contributed by atoms with Crippen LogP contribution in [0, 0.1) is 6.92 Å². The maximum Gasteiger partial charge on any atom is 0.315 e. The van der Waals surface area contributed by atoms with E-state index in [9.17, 15) is 9.59 Å². The molecule has 0 aliphatic heterocycles. The fourth-order valence-corrected chi connectivity index (χ4v) is 2.26. The number of para-hydroxylation sites is 1. The van der Waals surface area contributed by atoms with Crippen LogP contribution in [0.15, 0.2) is 48.5 Å². The van der Waals surface area contributed by atoms with E-state index >= 15 is 0 Å². The Morgan fingerprint density at radius 3 is 2.42 bits per heavy atom. The summed E-state index contributed by atoms with van der Waals surface area (Å²) >= 11 is 0. The Balaban J connectivity index is 1.73. The smallest absolute Gasteiger partial charge is 0.315 e. The van der Waals surface area contributed by atoms with Crippen molar-refractivity contribution in [2.24, 2.45) is 0 Å². The van der Waals surface area contributed by atoms with Crippen molar-refractivity contribution in [2.75, 3.05) is 13.7 Å². The quantitative estimate of drug-likeness (QED) is 0.768. The highest BCUT2D eigenvalue weighted by Crippen LogP contribution is 2.16. The molecule has 0 unspecified atom stereocenters. The first kappa shape index (κ1) is 17.5. The molecule has 5 nitrogen and oxygen atoms in total. The number of benzene rings is 2. The van der Waals surface area contributed by atoms with Gasteiger partial charge in [0, 0.05) is 30.6 Å². The highest BCUT2D eigenvalue weighted by atomic mass is 16.5. The summed E-state index contributed by atoms with van der Waals surface area (Å²) in [4.78, 5) is 23.8. The van der Waals surface area contributed by atoms with Gasteiger partial charge in [0.2, 0.25) is 0 Å². The van der Waals surface area contributed by atoms with Gasteiger partial charge in [-0.05, 0) is 13.0 Å². The van der Waals surface area contributed by atoms with Crippen LogP contribution in [0.1, 0.15) is 27.9 Å². The lowest BCUT2D eigenvalue weighted by Crippen LogP contribution is -2.36. The summed E-state index contributed by atoms with van der Waals surface area (Å²) in [5, 5.41) is 5.44. The molecular weight excluding hydrogens is 304 g/mol. The van der Waals surface area contributed by atoms with Crippen LogP contribution in [0.4, 0.5) is 4.79 Å². The zero-order chi connectivity index (χ0) is 17.4. The van der Waals surface area contributed by atoms with Crippen molar-refractivity contribution in [3.8, 4) is 5.75 Å². The number of nitrogens with one attached hydrogen (secondary N) is 2. The largest absolute Gasteiger partial charge is 0.496 e. The molecule has 0 aliphatic carbocycles. The van der Waals surface area contributed by atoms with E-state index in [0.29, 0.717) is 18.7 Å². The van der Waals surface area contributed by atoms with E-state index in [1.54, 1.807) is 19.2 Å². The number of ether oxygens (including phenoxy) is 1. The second kappa shape index (κ2) is 8.72. The highest BCUT2D eigenvalue weighted by molar-refractivity contribution is 5.96. The van der Waals surface area contributed by atoms with Crippen LogP contribution >= 0.6 is 0 Å². The van der Waals surface area contributed by atoms with E-state index in [2.05, 4.69) is 10.6 Å². The number of urea groups is 1. The fraction of sp³-hybridized carbons (Fsp3) is 0.263. The van der Waals surface area contributed by atoms with Crippen LogP contribution in [0.3, 0.4) is 0 Å². The Bertz CT molecular complexity index is 696. The molecule has 2 aromatic rings. The molecule has 2 aromatic carbocycles. The number of hydrogen-bond acceptors (Lipinski definition) is 3. The van der Waals surface area contributed by atoms with Gasteiger partial charge in [-0.3, -0.25) is 4.79 Å². The van der Waals surface area contributed by atoms with Gasteiger partial charge in [-0.25, -0.2) is 4.79 Å². The second-order valence-corrected chi connectivity index (χ2v) is 5.46. The molecule has 0 spiro atoms. The highest BCUT2D eigenvalue weighted by Gasteiger charge is 2.07.